The second-order valence-corrected chi connectivity index (χ2v) is 17.6. The maximum Gasteiger partial charge on any atom is 0.344 e. The van der Waals surface area contributed by atoms with Crippen LogP contribution >= 0.6 is 0 Å². The lowest BCUT2D eigenvalue weighted by Crippen LogP contribution is -2.49. The highest BCUT2D eigenvalue weighted by molar-refractivity contribution is 6.74. The van der Waals surface area contributed by atoms with Crippen molar-refractivity contribution in [1.82, 2.24) is 4.98 Å². The van der Waals surface area contributed by atoms with E-state index in [4.69, 9.17) is 14.3 Å². The van der Waals surface area contributed by atoms with Crippen molar-refractivity contribution in [3.8, 4) is 11.6 Å². The first-order valence-electron chi connectivity index (χ1n) is 13.1. The smallest absolute Gasteiger partial charge is 0.344 e. The largest absolute Gasteiger partial charge is 0.543 e. The summed E-state index contributed by atoms with van der Waals surface area (Å²) in [4.78, 5) is 28.2. The number of ether oxygens (including phenoxy) is 1. The van der Waals surface area contributed by atoms with E-state index in [-0.39, 0.29) is 21.9 Å². The minimum Gasteiger partial charge on any atom is -0.543 e. The van der Waals surface area contributed by atoms with Crippen molar-refractivity contribution in [2.24, 2.45) is 17.8 Å². The van der Waals surface area contributed by atoms with Gasteiger partial charge in [-0.05, 0) is 110 Å². The summed E-state index contributed by atoms with van der Waals surface area (Å²) in [6.45, 7) is 11.3. The van der Waals surface area contributed by atoms with Gasteiger partial charge in [0.2, 0.25) is 14.2 Å². The van der Waals surface area contributed by atoms with Gasteiger partial charge in [-0.25, -0.2) is 14.6 Å². The maximum atomic E-state index is 13.2. The Hall–Kier alpha value is -2.67. The van der Waals surface area contributed by atoms with Gasteiger partial charge in [-0.1, -0.05) is 20.8 Å². The number of carbonyl (C=O) groups excluding carboxylic acids is 1. The predicted molar refractivity (Wildman–Crippen MR) is 140 cm³/mol. The first-order chi connectivity index (χ1) is 16.8. The molecular weight excluding hydrogens is 470 g/mol. The van der Waals surface area contributed by atoms with Gasteiger partial charge in [-0.2, -0.15) is 0 Å². The molecule has 4 bridgehead atoms. The van der Waals surface area contributed by atoms with Crippen molar-refractivity contribution in [1.29, 1.82) is 0 Å². The van der Waals surface area contributed by atoms with Crippen LogP contribution in [0.2, 0.25) is 18.1 Å². The van der Waals surface area contributed by atoms with Crippen molar-refractivity contribution in [2.75, 3.05) is 0 Å². The Balaban J connectivity index is 1.49. The molecule has 4 aliphatic rings. The average Bonchev–Trinajstić information content (AvgIpc) is 2.77. The zero-order chi connectivity index (χ0) is 25.9. The van der Waals surface area contributed by atoms with Crippen LogP contribution in [-0.4, -0.2) is 30.3 Å². The average molecular weight is 508 g/mol. The Labute approximate surface area is 214 Å². The zero-order valence-corrected chi connectivity index (χ0v) is 23.0. The van der Waals surface area contributed by atoms with Crippen LogP contribution in [0.15, 0.2) is 36.5 Å². The molecule has 7 heteroatoms. The Morgan fingerprint density at radius 2 is 1.56 bits per heavy atom. The maximum absolute atomic E-state index is 13.2. The van der Waals surface area contributed by atoms with Gasteiger partial charge in [0.05, 0.1) is 11.1 Å². The number of carboxylic acids is 1. The van der Waals surface area contributed by atoms with Crippen molar-refractivity contribution >= 4 is 20.3 Å². The fourth-order valence-electron chi connectivity index (χ4n) is 6.75. The Morgan fingerprint density at radius 1 is 0.972 bits per heavy atom. The molecule has 0 unspecified atom stereocenters. The van der Waals surface area contributed by atoms with E-state index in [9.17, 15) is 9.59 Å². The molecule has 4 fully saturated rings. The third kappa shape index (κ3) is 4.58. The van der Waals surface area contributed by atoms with Crippen LogP contribution in [-0.2, 0) is 5.41 Å². The Kier molecular flexibility index (Phi) is 6.05. The monoisotopic (exact) mass is 507 g/mol. The third-order valence-corrected chi connectivity index (χ3v) is 13.5. The quantitative estimate of drug-likeness (QED) is 0.340. The highest BCUT2D eigenvalue weighted by Gasteiger charge is 2.53. The Bertz CT molecular complexity index is 1150. The zero-order valence-electron chi connectivity index (χ0n) is 22.0. The highest BCUT2D eigenvalue weighted by Crippen LogP contribution is 2.62. The molecule has 192 valence electrons. The molecule has 0 aliphatic heterocycles. The van der Waals surface area contributed by atoms with Gasteiger partial charge < -0.3 is 14.3 Å². The van der Waals surface area contributed by atoms with E-state index in [2.05, 4.69) is 38.8 Å². The van der Waals surface area contributed by atoms with Gasteiger partial charge in [0, 0.05) is 12.3 Å². The van der Waals surface area contributed by atoms with Gasteiger partial charge >= 0.3 is 11.9 Å². The lowest BCUT2D eigenvalue weighted by molar-refractivity contribution is -0.00589. The second-order valence-electron chi connectivity index (χ2n) is 12.9. The van der Waals surface area contributed by atoms with Crippen LogP contribution in [0.25, 0.3) is 0 Å². The molecule has 6 nitrogen and oxygen atoms in total. The molecule has 0 spiro atoms. The van der Waals surface area contributed by atoms with Crippen molar-refractivity contribution in [3.05, 3.63) is 53.2 Å². The molecular formula is C29H37NO5Si. The van der Waals surface area contributed by atoms with E-state index in [1.807, 2.05) is 12.1 Å². The second kappa shape index (κ2) is 8.72. The molecule has 0 saturated heterocycles. The number of hydrogen-bond acceptors (Lipinski definition) is 5. The van der Waals surface area contributed by atoms with E-state index >= 15 is 0 Å². The molecule has 1 heterocycles. The fraction of sp³-hybridized carbons (Fsp3) is 0.552. The number of pyridine rings is 1. The van der Waals surface area contributed by atoms with Crippen molar-refractivity contribution in [2.45, 2.75) is 82.8 Å². The summed E-state index contributed by atoms with van der Waals surface area (Å²) in [6.07, 6.45) is 8.74. The van der Waals surface area contributed by atoms with E-state index in [1.54, 1.807) is 6.07 Å². The first kappa shape index (κ1) is 25.0. The lowest BCUT2D eigenvalue weighted by Gasteiger charge is -2.57. The van der Waals surface area contributed by atoms with Crippen molar-refractivity contribution in [3.63, 3.8) is 0 Å². The fourth-order valence-corrected chi connectivity index (χ4v) is 7.78. The summed E-state index contributed by atoms with van der Waals surface area (Å²) in [5.74, 6) is 1.76. The van der Waals surface area contributed by atoms with Gasteiger partial charge in [-0.15, -0.1) is 0 Å². The van der Waals surface area contributed by atoms with Crippen LogP contribution in [0.5, 0.6) is 11.6 Å². The van der Waals surface area contributed by atoms with Crippen LogP contribution in [0.1, 0.15) is 85.6 Å². The highest BCUT2D eigenvalue weighted by atomic mass is 28.4. The lowest BCUT2D eigenvalue weighted by atomic mass is 9.48. The van der Waals surface area contributed by atoms with Crippen LogP contribution in [0, 0.1) is 17.8 Å². The predicted octanol–water partition coefficient (Wildman–Crippen LogP) is 6.85. The van der Waals surface area contributed by atoms with E-state index in [0.29, 0.717) is 5.56 Å². The number of carboxylic acid groups (broad SMARTS) is 1. The SMILES string of the molecule is CC(C)(C)[Si](C)(C)Oc1ccc(C(=O)Oc2ccc(C(=O)O)cn2)cc1C12CC3CC(CC(C3)C1)C2. The number of rotatable bonds is 6. The topological polar surface area (TPSA) is 85.7 Å². The summed E-state index contributed by atoms with van der Waals surface area (Å²) in [5, 5.41) is 9.15. The molecule has 1 aromatic heterocycles. The molecule has 4 aliphatic carbocycles. The molecule has 1 aromatic carbocycles. The van der Waals surface area contributed by atoms with Gasteiger partial charge in [0.25, 0.3) is 0 Å². The summed E-state index contributed by atoms with van der Waals surface area (Å²) in [6, 6.07) is 8.58. The number of benzene rings is 1. The molecule has 0 atom stereocenters. The van der Waals surface area contributed by atoms with Crippen LogP contribution < -0.4 is 9.16 Å². The number of nitrogens with zero attached hydrogens (tertiary/aromatic N) is 1. The standard InChI is InChI=1S/C29H37NO5Si/c1-28(2,3)36(4,5)35-24-8-6-21(27(33)34-25-9-7-22(17-30-25)26(31)32)13-23(24)29-14-18-10-19(15-29)12-20(11-18)16-29/h6-9,13,17-20H,10-12,14-16H2,1-5H3,(H,31,32). The van der Waals surface area contributed by atoms with E-state index < -0.39 is 20.3 Å². The summed E-state index contributed by atoms with van der Waals surface area (Å²) in [5.41, 5.74) is 1.76. The number of aromatic nitrogens is 1. The minimum absolute atomic E-state index is 0.0473. The summed E-state index contributed by atoms with van der Waals surface area (Å²) in [7, 11) is -2.09. The molecule has 36 heavy (non-hydrogen) atoms. The molecule has 2 aromatic rings. The molecule has 1 N–H and O–H groups in total. The van der Waals surface area contributed by atoms with E-state index in [0.717, 1.165) is 23.5 Å². The molecule has 4 saturated carbocycles. The van der Waals surface area contributed by atoms with Gasteiger partial charge in [0.15, 0.2) is 0 Å². The van der Waals surface area contributed by atoms with Crippen LogP contribution in [0.3, 0.4) is 0 Å². The number of carbonyl (C=O) groups is 2. The number of hydrogen-bond donors (Lipinski definition) is 1. The van der Waals surface area contributed by atoms with E-state index in [1.165, 1.54) is 62.4 Å². The summed E-state index contributed by atoms with van der Waals surface area (Å²) >= 11 is 0. The molecule has 6 rings (SSSR count). The molecule has 0 radical (unpaired) electrons. The normalized spacial score (nSPS) is 27.1. The molecule has 0 amide bonds. The van der Waals surface area contributed by atoms with Gasteiger partial charge in [-0.3, -0.25) is 0 Å². The Morgan fingerprint density at radius 3 is 2.06 bits per heavy atom. The van der Waals surface area contributed by atoms with Crippen molar-refractivity contribution < 1.29 is 23.9 Å². The first-order valence-corrected chi connectivity index (χ1v) is 16.0. The minimum atomic E-state index is -2.09. The third-order valence-electron chi connectivity index (χ3n) is 9.18. The van der Waals surface area contributed by atoms with Gasteiger partial charge in [0.1, 0.15) is 5.75 Å². The summed E-state index contributed by atoms with van der Waals surface area (Å²) < 4.78 is 12.4. The number of aromatic carboxylic acids is 1. The number of esters is 1. The van der Waals surface area contributed by atoms with Crippen LogP contribution in [0.4, 0.5) is 0 Å².